The molecule has 1 amide bonds. The van der Waals surface area contributed by atoms with E-state index in [1.807, 2.05) is 0 Å². The molecule has 5 nitrogen and oxygen atoms in total. The van der Waals surface area contributed by atoms with E-state index in [0.717, 1.165) is 12.0 Å². The Morgan fingerprint density at radius 3 is 2.63 bits per heavy atom. The average molecular weight is 390 g/mol. The molecule has 0 radical (unpaired) electrons. The molecule has 2 aromatic rings. The minimum atomic E-state index is -3.28. The van der Waals surface area contributed by atoms with Crippen molar-refractivity contribution in [2.45, 2.75) is 32.1 Å². The van der Waals surface area contributed by atoms with Gasteiger partial charge in [0.2, 0.25) is 15.9 Å². The average Bonchev–Trinajstić information content (AvgIpc) is 2.63. The third-order valence-electron chi connectivity index (χ3n) is 4.55. The summed E-state index contributed by atoms with van der Waals surface area (Å²) in [7, 11) is -3.28. The van der Waals surface area contributed by atoms with Crippen LogP contribution in [0.2, 0.25) is 0 Å². The van der Waals surface area contributed by atoms with Crippen molar-refractivity contribution in [3.05, 3.63) is 59.9 Å². The maximum Gasteiger partial charge on any atom is 0.235 e. The van der Waals surface area contributed by atoms with Crippen molar-refractivity contribution in [3.63, 3.8) is 0 Å². The van der Waals surface area contributed by atoms with Gasteiger partial charge in [0.05, 0.1) is 11.4 Å². The first-order valence-electron chi connectivity index (χ1n) is 9.09. The Morgan fingerprint density at radius 2 is 1.89 bits per heavy atom. The third-order valence-corrected chi connectivity index (χ3v) is 6.42. The zero-order chi connectivity index (χ0) is 19.3. The molecule has 1 N–H and O–H groups in total. The van der Waals surface area contributed by atoms with Gasteiger partial charge in [-0.2, -0.15) is 0 Å². The van der Waals surface area contributed by atoms with E-state index in [9.17, 15) is 17.6 Å². The molecule has 144 valence electrons. The summed E-state index contributed by atoms with van der Waals surface area (Å²) in [4.78, 5) is 12.2. The van der Waals surface area contributed by atoms with Crippen molar-refractivity contribution in [2.24, 2.45) is 0 Å². The monoisotopic (exact) mass is 390 g/mol. The van der Waals surface area contributed by atoms with E-state index < -0.39 is 10.0 Å². The standard InChI is InChI=1S/C20H23FN2O3S/c21-17-11-9-16(10-12-17)5-3-8-20(24)22-18-6-4-7-19(15-18)23-13-1-2-14-27(23,25)26/h4,6-7,9-12,15H,1-3,5,8,13-14H2,(H,22,24). The summed E-state index contributed by atoms with van der Waals surface area (Å²) in [5, 5.41) is 2.82. The lowest BCUT2D eigenvalue weighted by molar-refractivity contribution is -0.116. The molecule has 0 aromatic heterocycles. The Balaban J connectivity index is 1.55. The van der Waals surface area contributed by atoms with Crippen LogP contribution in [0, 0.1) is 5.82 Å². The first-order valence-corrected chi connectivity index (χ1v) is 10.7. The lowest BCUT2D eigenvalue weighted by Gasteiger charge is -2.28. The van der Waals surface area contributed by atoms with Crippen LogP contribution in [0.25, 0.3) is 0 Å². The highest BCUT2D eigenvalue weighted by atomic mass is 32.2. The second-order valence-electron chi connectivity index (χ2n) is 6.67. The fraction of sp³-hybridized carbons (Fsp3) is 0.350. The Bertz CT molecular complexity index is 898. The molecule has 0 saturated carbocycles. The van der Waals surface area contributed by atoms with Crippen molar-refractivity contribution < 1.29 is 17.6 Å². The highest BCUT2D eigenvalue weighted by molar-refractivity contribution is 7.92. The van der Waals surface area contributed by atoms with E-state index in [1.54, 1.807) is 36.4 Å². The van der Waals surface area contributed by atoms with Crippen LogP contribution in [-0.4, -0.2) is 26.6 Å². The SMILES string of the molecule is O=C(CCCc1ccc(F)cc1)Nc1cccc(N2CCCCS2(=O)=O)c1. The van der Waals surface area contributed by atoms with Crippen LogP contribution in [0.3, 0.4) is 0 Å². The Morgan fingerprint density at radius 1 is 1.11 bits per heavy atom. The first kappa shape index (κ1) is 19.4. The maximum absolute atomic E-state index is 12.9. The number of aryl methyl sites for hydroxylation is 1. The number of amides is 1. The summed E-state index contributed by atoms with van der Waals surface area (Å²) in [5.74, 6) is -0.240. The van der Waals surface area contributed by atoms with Crippen molar-refractivity contribution >= 4 is 27.3 Å². The molecule has 0 unspecified atom stereocenters. The van der Waals surface area contributed by atoms with Gasteiger partial charge in [-0.1, -0.05) is 18.2 Å². The number of nitrogens with one attached hydrogen (secondary N) is 1. The molecule has 0 spiro atoms. The van der Waals surface area contributed by atoms with E-state index in [0.29, 0.717) is 43.6 Å². The molecular formula is C20H23FN2O3S. The summed E-state index contributed by atoms with van der Waals surface area (Å²) < 4.78 is 38.8. The van der Waals surface area contributed by atoms with Crippen LogP contribution in [0.1, 0.15) is 31.2 Å². The van der Waals surface area contributed by atoms with Crippen LogP contribution >= 0.6 is 0 Å². The van der Waals surface area contributed by atoms with Crippen LogP contribution in [0.15, 0.2) is 48.5 Å². The van der Waals surface area contributed by atoms with Gasteiger partial charge < -0.3 is 5.32 Å². The summed E-state index contributed by atoms with van der Waals surface area (Å²) in [6.07, 6.45) is 3.20. The van der Waals surface area contributed by atoms with Gasteiger partial charge >= 0.3 is 0 Å². The van der Waals surface area contributed by atoms with E-state index >= 15 is 0 Å². The van der Waals surface area contributed by atoms with Gasteiger partial charge in [0.25, 0.3) is 0 Å². The Kier molecular flexibility index (Phi) is 6.11. The molecule has 7 heteroatoms. The topological polar surface area (TPSA) is 66.5 Å². The van der Waals surface area contributed by atoms with Gasteiger partial charge in [-0.25, -0.2) is 12.8 Å². The highest BCUT2D eigenvalue weighted by Crippen LogP contribution is 2.26. The molecule has 1 fully saturated rings. The largest absolute Gasteiger partial charge is 0.326 e. The second-order valence-corrected chi connectivity index (χ2v) is 8.69. The number of rotatable bonds is 6. The number of carbonyl (C=O) groups excluding carboxylic acids is 1. The fourth-order valence-corrected chi connectivity index (χ4v) is 4.78. The number of halogens is 1. The highest BCUT2D eigenvalue weighted by Gasteiger charge is 2.26. The number of hydrogen-bond donors (Lipinski definition) is 1. The van der Waals surface area contributed by atoms with Crippen molar-refractivity contribution in [1.29, 1.82) is 0 Å². The number of hydrogen-bond acceptors (Lipinski definition) is 3. The molecule has 0 bridgehead atoms. The molecular weight excluding hydrogens is 367 g/mol. The molecule has 1 aliphatic heterocycles. The van der Waals surface area contributed by atoms with Crippen LogP contribution in [0.4, 0.5) is 15.8 Å². The third kappa shape index (κ3) is 5.29. The van der Waals surface area contributed by atoms with Crippen LogP contribution < -0.4 is 9.62 Å². The van der Waals surface area contributed by atoms with Gasteiger partial charge in [-0.3, -0.25) is 9.10 Å². The molecule has 1 aliphatic rings. The van der Waals surface area contributed by atoms with Crippen molar-refractivity contribution in [3.8, 4) is 0 Å². The van der Waals surface area contributed by atoms with Crippen molar-refractivity contribution in [1.82, 2.24) is 0 Å². The summed E-state index contributed by atoms with van der Waals surface area (Å²) >= 11 is 0. The van der Waals surface area contributed by atoms with E-state index in [1.165, 1.54) is 16.4 Å². The molecule has 1 heterocycles. The van der Waals surface area contributed by atoms with Gasteiger partial charge in [0.1, 0.15) is 5.82 Å². The zero-order valence-electron chi connectivity index (χ0n) is 15.0. The van der Waals surface area contributed by atoms with E-state index in [-0.39, 0.29) is 17.5 Å². The van der Waals surface area contributed by atoms with Gasteiger partial charge in [0, 0.05) is 18.7 Å². The van der Waals surface area contributed by atoms with Gasteiger partial charge in [-0.15, -0.1) is 0 Å². The first-order chi connectivity index (χ1) is 12.9. The van der Waals surface area contributed by atoms with Crippen molar-refractivity contribution in [2.75, 3.05) is 21.9 Å². The molecule has 27 heavy (non-hydrogen) atoms. The minimum Gasteiger partial charge on any atom is -0.326 e. The summed E-state index contributed by atoms with van der Waals surface area (Å²) in [6, 6.07) is 13.2. The molecule has 3 rings (SSSR count). The van der Waals surface area contributed by atoms with Crippen LogP contribution in [-0.2, 0) is 21.2 Å². The zero-order valence-corrected chi connectivity index (χ0v) is 15.8. The Hall–Kier alpha value is -2.41. The maximum atomic E-state index is 12.9. The van der Waals surface area contributed by atoms with E-state index in [4.69, 9.17) is 0 Å². The number of nitrogens with zero attached hydrogens (tertiary/aromatic N) is 1. The summed E-state index contributed by atoms with van der Waals surface area (Å²) in [5.41, 5.74) is 2.15. The van der Waals surface area contributed by atoms with E-state index in [2.05, 4.69) is 5.32 Å². The number of benzene rings is 2. The Labute approximate surface area is 159 Å². The predicted molar refractivity (Wildman–Crippen MR) is 105 cm³/mol. The van der Waals surface area contributed by atoms with Crippen LogP contribution in [0.5, 0.6) is 0 Å². The number of anilines is 2. The quantitative estimate of drug-likeness (QED) is 0.818. The van der Waals surface area contributed by atoms with Gasteiger partial charge in [0.15, 0.2) is 0 Å². The molecule has 2 aromatic carbocycles. The molecule has 0 atom stereocenters. The summed E-state index contributed by atoms with van der Waals surface area (Å²) in [6.45, 7) is 0.470. The molecule has 1 saturated heterocycles. The molecule has 0 aliphatic carbocycles. The lowest BCUT2D eigenvalue weighted by atomic mass is 10.1. The normalized spacial score (nSPS) is 16.1. The number of carbonyl (C=O) groups is 1. The second kappa shape index (κ2) is 8.52. The fourth-order valence-electron chi connectivity index (χ4n) is 3.15. The predicted octanol–water partition coefficient (Wildman–Crippen LogP) is 3.72. The minimum absolute atomic E-state index is 0.129. The lowest BCUT2D eigenvalue weighted by Crippen LogP contribution is -2.37. The van der Waals surface area contributed by atoms with Gasteiger partial charge in [-0.05, 0) is 61.6 Å². The smallest absolute Gasteiger partial charge is 0.235 e. The number of sulfonamides is 1.